The minimum atomic E-state index is -1.09. The normalized spacial score (nSPS) is 22.8. The van der Waals surface area contributed by atoms with E-state index >= 15 is 4.39 Å². The molecule has 5 fully saturated rings. The first-order valence-electron chi connectivity index (χ1n) is 20.2. The van der Waals surface area contributed by atoms with E-state index in [0.29, 0.717) is 37.0 Å². The van der Waals surface area contributed by atoms with E-state index in [1.54, 1.807) is 12.1 Å². The number of piperazine rings is 1. The second-order valence-corrected chi connectivity index (χ2v) is 16.5. The zero-order valence-corrected chi connectivity index (χ0v) is 32.8. The van der Waals surface area contributed by atoms with Gasteiger partial charge in [-0.2, -0.15) is 0 Å². The number of amides is 4. The van der Waals surface area contributed by atoms with Crippen LogP contribution >= 0.6 is 11.6 Å². The molecule has 3 unspecified atom stereocenters. The van der Waals surface area contributed by atoms with Gasteiger partial charge in [-0.05, 0) is 102 Å². The summed E-state index contributed by atoms with van der Waals surface area (Å²) in [6.07, 6.45) is 3.98. The lowest BCUT2D eigenvalue weighted by Crippen LogP contribution is -2.69. The topological polar surface area (TPSA) is 114 Å². The molecule has 6 aliphatic rings. The van der Waals surface area contributed by atoms with E-state index in [1.807, 2.05) is 35.2 Å². The highest BCUT2D eigenvalue weighted by atomic mass is 35.5. The van der Waals surface area contributed by atoms with Crippen molar-refractivity contribution in [1.29, 1.82) is 0 Å². The molecular formula is C46H45ClFN5O5. The molecule has 4 aromatic carbocycles. The first kappa shape index (κ1) is 38.0. The van der Waals surface area contributed by atoms with Gasteiger partial charge in [-0.3, -0.25) is 34.3 Å². The quantitative estimate of drug-likeness (QED) is 0.104. The molecule has 5 saturated heterocycles. The van der Waals surface area contributed by atoms with Gasteiger partial charge in [0.1, 0.15) is 17.6 Å². The van der Waals surface area contributed by atoms with Crippen LogP contribution in [0.15, 0.2) is 91.0 Å². The number of rotatable bonds is 10. The van der Waals surface area contributed by atoms with Crippen molar-refractivity contribution >= 4 is 57.8 Å². The second-order valence-electron chi connectivity index (χ2n) is 16.1. The number of allylic oxidation sites excluding steroid dienone is 1. The summed E-state index contributed by atoms with van der Waals surface area (Å²) < 4.78 is 15.6. The maximum atomic E-state index is 15.6. The Balaban J connectivity index is 0.830. The SMILES string of the molecule is O=C1CCC(N2C(=O)c3cc(F)c(N4CC5CC(C4)N5CC4CCN(c5ccc(C(=C(CCCl)c6ccccc6)c6ccc(O)cc6)cc5)CC4)cc3C2=O)C(=O)N1. The molecule has 2 bridgehead atoms. The standard InChI is InChI=1S/C46H45ClFN5O5/c47-19-16-36(29-4-2-1-3-5-29)43(31-8-12-35(54)13-9-31)30-6-10-32(11-7-30)50-20-17-28(18-21-50)25-52-33-22-34(52)27-51(26-33)41-24-38-37(23-39(41)48)45(57)53(46(38)58)40-14-15-42(55)49-44(40)56/h1-13,23-24,28,33-34,40,54H,14-22,25-27H2,(H,49,55,56). The van der Waals surface area contributed by atoms with Gasteiger partial charge in [0, 0.05) is 62.8 Å². The molecule has 0 aliphatic carbocycles. The number of halogens is 2. The van der Waals surface area contributed by atoms with Crippen LogP contribution in [0.5, 0.6) is 5.75 Å². The van der Waals surface area contributed by atoms with Crippen LogP contribution in [0, 0.1) is 11.7 Å². The van der Waals surface area contributed by atoms with E-state index in [-0.39, 0.29) is 41.8 Å². The number of phenols is 1. The number of carbonyl (C=O) groups excluding carboxylic acids is 4. The predicted molar refractivity (Wildman–Crippen MR) is 221 cm³/mol. The highest BCUT2D eigenvalue weighted by Crippen LogP contribution is 2.40. The molecule has 3 atom stereocenters. The molecule has 0 saturated carbocycles. The third kappa shape index (κ3) is 7.04. The Bertz CT molecular complexity index is 2280. The molecule has 0 aromatic heterocycles. The van der Waals surface area contributed by atoms with Gasteiger partial charge in [-0.25, -0.2) is 4.39 Å². The molecule has 4 amide bonds. The highest BCUT2D eigenvalue weighted by molar-refractivity contribution is 6.24. The maximum Gasteiger partial charge on any atom is 0.262 e. The highest BCUT2D eigenvalue weighted by Gasteiger charge is 2.48. The lowest BCUT2D eigenvalue weighted by Gasteiger charge is -2.58. The molecule has 10 rings (SSSR count). The summed E-state index contributed by atoms with van der Waals surface area (Å²) in [6.45, 7) is 4.19. The number of phenolic OH excluding ortho intramolecular Hbond substituents is 1. The number of aromatic hydroxyl groups is 1. The Kier molecular flexibility index (Phi) is 10.3. The van der Waals surface area contributed by atoms with Gasteiger partial charge in [0.25, 0.3) is 11.8 Å². The van der Waals surface area contributed by atoms with Gasteiger partial charge >= 0.3 is 0 Å². The van der Waals surface area contributed by atoms with Crippen molar-refractivity contribution in [2.75, 3.05) is 48.4 Å². The molecule has 0 spiro atoms. The van der Waals surface area contributed by atoms with Gasteiger partial charge in [0.15, 0.2) is 0 Å². The van der Waals surface area contributed by atoms with Crippen LogP contribution in [0.3, 0.4) is 0 Å². The van der Waals surface area contributed by atoms with Crippen LogP contribution in [0.1, 0.15) is 75.9 Å². The second kappa shape index (κ2) is 15.7. The summed E-state index contributed by atoms with van der Waals surface area (Å²) in [5.74, 6) is -1.75. The number of piperidine rings is 3. The van der Waals surface area contributed by atoms with Crippen molar-refractivity contribution in [1.82, 2.24) is 15.1 Å². The summed E-state index contributed by atoms with van der Waals surface area (Å²) in [4.78, 5) is 58.6. The summed E-state index contributed by atoms with van der Waals surface area (Å²) >= 11 is 6.36. The molecule has 2 N–H and O–H groups in total. The number of nitrogens with zero attached hydrogens (tertiary/aromatic N) is 4. The Morgan fingerprint density at radius 3 is 2.05 bits per heavy atom. The lowest BCUT2D eigenvalue weighted by molar-refractivity contribution is -0.136. The van der Waals surface area contributed by atoms with Crippen molar-refractivity contribution in [3.63, 3.8) is 0 Å². The van der Waals surface area contributed by atoms with Gasteiger partial charge in [0.2, 0.25) is 11.8 Å². The van der Waals surface area contributed by atoms with Crippen LogP contribution < -0.4 is 15.1 Å². The smallest absolute Gasteiger partial charge is 0.262 e. The van der Waals surface area contributed by atoms with Crippen LogP contribution in [-0.4, -0.2) is 95.3 Å². The average molecular weight is 802 g/mol. The van der Waals surface area contributed by atoms with Crippen LogP contribution in [-0.2, 0) is 9.59 Å². The van der Waals surface area contributed by atoms with Gasteiger partial charge in [-0.1, -0.05) is 54.6 Å². The zero-order chi connectivity index (χ0) is 40.1. The summed E-state index contributed by atoms with van der Waals surface area (Å²) in [5.41, 5.74) is 7.07. The first-order chi connectivity index (χ1) is 28.2. The molecule has 58 heavy (non-hydrogen) atoms. The van der Waals surface area contributed by atoms with E-state index in [0.717, 1.165) is 77.7 Å². The van der Waals surface area contributed by atoms with E-state index in [4.69, 9.17) is 11.6 Å². The molecule has 6 aliphatic heterocycles. The minimum Gasteiger partial charge on any atom is -0.508 e. The fourth-order valence-corrected chi connectivity index (χ4v) is 9.89. The van der Waals surface area contributed by atoms with E-state index < -0.39 is 35.5 Å². The number of hydrogen-bond donors (Lipinski definition) is 2. The number of nitrogens with one attached hydrogen (secondary N) is 1. The van der Waals surface area contributed by atoms with Gasteiger partial charge in [0.05, 0.1) is 16.8 Å². The number of benzene rings is 4. The Morgan fingerprint density at radius 1 is 0.776 bits per heavy atom. The number of carbonyl (C=O) groups is 4. The number of hydrogen-bond acceptors (Lipinski definition) is 8. The van der Waals surface area contributed by atoms with Crippen LogP contribution in [0.4, 0.5) is 15.8 Å². The van der Waals surface area contributed by atoms with Crippen molar-refractivity contribution in [2.45, 2.75) is 56.7 Å². The van der Waals surface area contributed by atoms with Crippen LogP contribution in [0.25, 0.3) is 11.1 Å². The van der Waals surface area contributed by atoms with Crippen molar-refractivity contribution in [2.24, 2.45) is 5.92 Å². The van der Waals surface area contributed by atoms with Gasteiger partial charge < -0.3 is 14.9 Å². The number of alkyl halides is 1. The van der Waals surface area contributed by atoms with Gasteiger partial charge in [-0.15, -0.1) is 11.6 Å². The summed E-state index contributed by atoms with van der Waals surface area (Å²) in [6, 6.07) is 28.6. The van der Waals surface area contributed by atoms with Crippen molar-refractivity contribution in [3.8, 4) is 5.75 Å². The monoisotopic (exact) mass is 801 g/mol. The summed E-state index contributed by atoms with van der Waals surface area (Å²) in [7, 11) is 0. The minimum absolute atomic E-state index is 0.0264. The summed E-state index contributed by atoms with van der Waals surface area (Å²) in [5, 5.41) is 12.2. The molecular weight excluding hydrogens is 757 g/mol. The molecule has 298 valence electrons. The Labute approximate surface area is 341 Å². The fraction of sp³-hybridized carbons (Fsp3) is 0.348. The van der Waals surface area contributed by atoms with E-state index in [9.17, 15) is 24.3 Å². The number of imide groups is 2. The molecule has 0 radical (unpaired) electrons. The maximum absolute atomic E-state index is 15.6. The zero-order valence-electron chi connectivity index (χ0n) is 32.1. The lowest BCUT2D eigenvalue weighted by atomic mass is 9.84. The molecule has 12 heteroatoms. The average Bonchev–Trinajstić information content (AvgIpc) is 3.48. The van der Waals surface area contributed by atoms with Crippen molar-refractivity contribution < 1.29 is 28.7 Å². The van der Waals surface area contributed by atoms with Crippen molar-refractivity contribution in [3.05, 3.63) is 125 Å². The van der Waals surface area contributed by atoms with E-state index in [1.165, 1.54) is 11.8 Å². The van der Waals surface area contributed by atoms with E-state index in [2.05, 4.69) is 51.5 Å². The third-order valence-corrected chi connectivity index (χ3v) is 12.9. The fourth-order valence-electron chi connectivity index (χ4n) is 9.70. The Morgan fingerprint density at radius 2 is 1.41 bits per heavy atom. The molecule has 4 aromatic rings. The largest absolute Gasteiger partial charge is 0.508 e. The number of fused-ring (bicyclic) bond motifs is 3. The number of anilines is 2. The predicted octanol–water partition coefficient (Wildman–Crippen LogP) is 6.70. The Hall–Kier alpha value is -5.52. The molecule has 6 heterocycles. The molecule has 10 nitrogen and oxygen atoms in total. The third-order valence-electron chi connectivity index (χ3n) is 12.7. The van der Waals surface area contributed by atoms with Crippen LogP contribution in [0.2, 0.25) is 0 Å². The first-order valence-corrected chi connectivity index (χ1v) is 20.8.